The van der Waals surface area contributed by atoms with Gasteiger partial charge in [0.1, 0.15) is 0 Å². The number of carbonyl (C=O) groups excluding carboxylic acids is 2. The molecule has 5 nitrogen and oxygen atoms in total. The van der Waals surface area contributed by atoms with Crippen molar-refractivity contribution in [1.82, 2.24) is 4.90 Å². The molecule has 0 bridgehead atoms. The molecule has 0 aliphatic heterocycles. The maximum atomic E-state index is 12.0. The van der Waals surface area contributed by atoms with Crippen LogP contribution < -0.4 is 0 Å². The average molecular weight is 271 g/mol. The van der Waals surface area contributed by atoms with Crippen LogP contribution in [0.4, 0.5) is 0 Å². The first-order valence-corrected chi connectivity index (χ1v) is 6.91. The van der Waals surface area contributed by atoms with Gasteiger partial charge in [0.15, 0.2) is 0 Å². The van der Waals surface area contributed by atoms with E-state index in [4.69, 9.17) is 4.74 Å². The van der Waals surface area contributed by atoms with Crippen molar-refractivity contribution >= 4 is 11.9 Å². The molecule has 0 saturated heterocycles. The van der Waals surface area contributed by atoms with E-state index < -0.39 is 0 Å². The van der Waals surface area contributed by atoms with Gasteiger partial charge in [-0.1, -0.05) is 6.92 Å². The van der Waals surface area contributed by atoms with E-state index in [1.54, 1.807) is 18.9 Å². The molecule has 0 spiro atoms. The van der Waals surface area contributed by atoms with Crippen LogP contribution in [0, 0.1) is 11.8 Å². The number of esters is 1. The predicted octanol–water partition coefficient (Wildman–Crippen LogP) is 1.46. The number of carbonyl (C=O) groups is 2. The Kier molecular flexibility index (Phi) is 6.28. The molecule has 0 heterocycles. The van der Waals surface area contributed by atoms with Gasteiger partial charge in [0.25, 0.3) is 0 Å². The molecule has 1 saturated carbocycles. The molecule has 0 aromatic carbocycles. The summed E-state index contributed by atoms with van der Waals surface area (Å²) in [4.78, 5) is 24.9. The Morgan fingerprint density at radius 1 is 1.37 bits per heavy atom. The van der Waals surface area contributed by atoms with Crippen molar-refractivity contribution in [2.75, 3.05) is 27.3 Å². The van der Waals surface area contributed by atoms with Crippen molar-refractivity contribution in [1.29, 1.82) is 0 Å². The highest BCUT2D eigenvalue weighted by atomic mass is 16.5. The summed E-state index contributed by atoms with van der Waals surface area (Å²) >= 11 is 0. The number of hydrogen-bond donors (Lipinski definition) is 0. The quantitative estimate of drug-likeness (QED) is 0.658. The molecule has 1 aliphatic carbocycles. The van der Waals surface area contributed by atoms with Gasteiger partial charge >= 0.3 is 5.97 Å². The van der Waals surface area contributed by atoms with E-state index in [9.17, 15) is 9.59 Å². The van der Waals surface area contributed by atoms with Gasteiger partial charge in [-0.05, 0) is 25.7 Å². The van der Waals surface area contributed by atoms with Gasteiger partial charge in [0.2, 0.25) is 5.91 Å². The summed E-state index contributed by atoms with van der Waals surface area (Å²) in [7, 11) is 3.10. The third-order valence-electron chi connectivity index (χ3n) is 3.64. The Balaban J connectivity index is 2.24. The fraction of sp³-hybridized carbons (Fsp3) is 0.857. The maximum absolute atomic E-state index is 12.0. The zero-order valence-electron chi connectivity index (χ0n) is 12.3. The predicted molar refractivity (Wildman–Crippen MR) is 71.6 cm³/mol. The topological polar surface area (TPSA) is 55.8 Å². The van der Waals surface area contributed by atoms with Crippen molar-refractivity contribution in [3.05, 3.63) is 0 Å². The van der Waals surface area contributed by atoms with Crippen LogP contribution >= 0.6 is 0 Å². The number of hydrogen-bond acceptors (Lipinski definition) is 4. The summed E-state index contributed by atoms with van der Waals surface area (Å²) in [6.45, 7) is 4.90. The van der Waals surface area contributed by atoms with Crippen molar-refractivity contribution in [3.63, 3.8) is 0 Å². The number of amides is 1. The summed E-state index contributed by atoms with van der Waals surface area (Å²) in [5, 5.41) is 0. The molecule has 1 atom stereocenters. The lowest BCUT2D eigenvalue weighted by molar-refractivity contribution is -0.146. The van der Waals surface area contributed by atoms with Gasteiger partial charge in [-0.3, -0.25) is 9.59 Å². The molecular formula is C14H25NO4. The van der Waals surface area contributed by atoms with Crippen LogP contribution in [0.3, 0.4) is 0 Å². The van der Waals surface area contributed by atoms with E-state index in [-0.39, 0.29) is 17.8 Å². The fourth-order valence-electron chi connectivity index (χ4n) is 2.40. The Morgan fingerprint density at radius 2 is 2.00 bits per heavy atom. The van der Waals surface area contributed by atoms with Crippen molar-refractivity contribution in [3.8, 4) is 0 Å². The third-order valence-corrected chi connectivity index (χ3v) is 3.64. The van der Waals surface area contributed by atoms with E-state index in [0.717, 1.165) is 19.4 Å². The van der Waals surface area contributed by atoms with Crippen LogP contribution in [0.1, 0.15) is 33.1 Å². The largest absolute Gasteiger partial charge is 0.469 e. The van der Waals surface area contributed by atoms with Crippen LogP contribution in [0.25, 0.3) is 0 Å². The van der Waals surface area contributed by atoms with Crippen molar-refractivity contribution in [2.24, 2.45) is 11.8 Å². The first-order chi connectivity index (χ1) is 8.97. The van der Waals surface area contributed by atoms with Crippen LogP contribution in [0.2, 0.25) is 0 Å². The summed E-state index contributed by atoms with van der Waals surface area (Å²) < 4.78 is 10.1. The van der Waals surface area contributed by atoms with Gasteiger partial charge in [0.05, 0.1) is 19.1 Å². The van der Waals surface area contributed by atoms with Gasteiger partial charge in [-0.2, -0.15) is 0 Å². The highest BCUT2D eigenvalue weighted by molar-refractivity contribution is 5.78. The Hall–Kier alpha value is -1.10. The van der Waals surface area contributed by atoms with Gasteiger partial charge in [-0.15, -0.1) is 0 Å². The SMILES string of the molecule is CCOC1CC(CC(=O)N(C)CC(C)C(=O)OC)C1. The van der Waals surface area contributed by atoms with Crippen molar-refractivity contribution in [2.45, 2.75) is 39.2 Å². The second-order valence-corrected chi connectivity index (χ2v) is 5.32. The zero-order valence-corrected chi connectivity index (χ0v) is 12.3. The van der Waals surface area contributed by atoms with E-state index in [2.05, 4.69) is 4.74 Å². The van der Waals surface area contributed by atoms with E-state index in [1.807, 2.05) is 6.92 Å². The third kappa shape index (κ3) is 4.82. The smallest absolute Gasteiger partial charge is 0.310 e. The molecule has 1 fully saturated rings. The average Bonchev–Trinajstić information content (AvgIpc) is 2.34. The van der Waals surface area contributed by atoms with Gasteiger partial charge in [0, 0.05) is 26.6 Å². The molecule has 0 radical (unpaired) electrons. The first kappa shape index (κ1) is 16.0. The lowest BCUT2D eigenvalue weighted by atomic mass is 9.79. The summed E-state index contributed by atoms with van der Waals surface area (Å²) in [6.07, 6.45) is 2.83. The number of nitrogens with zero attached hydrogens (tertiary/aromatic N) is 1. The standard InChI is InChI=1S/C14H25NO4/c1-5-19-12-6-11(7-12)8-13(16)15(3)9-10(2)14(17)18-4/h10-12H,5-9H2,1-4H3. The molecule has 1 amide bonds. The second kappa shape index (κ2) is 7.48. The van der Waals surface area contributed by atoms with Crippen LogP contribution in [0.5, 0.6) is 0 Å². The normalized spacial score (nSPS) is 23.4. The molecule has 5 heteroatoms. The summed E-state index contributed by atoms with van der Waals surface area (Å²) in [5.74, 6) is -0.0353. The van der Waals surface area contributed by atoms with Gasteiger partial charge < -0.3 is 14.4 Å². The molecule has 1 unspecified atom stereocenters. The molecule has 0 aromatic rings. The molecule has 1 aliphatic rings. The number of rotatable bonds is 7. The van der Waals surface area contributed by atoms with E-state index in [0.29, 0.717) is 25.0 Å². The Morgan fingerprint density at radius 3 is 2.53 bits per heavy atom. The molecular weight excluding hydrogens is 246 g/mol. The lowest BCUT2D eigenvalue weighted by Crippen LogP contribution is -2.38. The van der Waals surface area contributed by atoms with E-state index >= 15 is 0 Å². The van der Waals surface area contributed by atoms with Crippen molar-refractivity contribution < 1.29 is 19.1 Å². The zero-order chi connectivity index (χ0) is 14.4. The minimum atomic E-state index is -0.281. The Bertz CT molecular complexity index is 313. The second-order valence-electron chi connectivity index (χ2n) is 5.32. The molecule has 19 heavy (non-hydrogen) atoms. The first-order valence-electron chi connectivity index (χ1n) is 6.91. The highest BCUT2D eigenvalue weighted by Crippen LogP contribution is 2.33. The summed E-state index contributed by atoms with van der Waals surface area (Å²) in [5.41, 5.74) is 0. The molecule has 0 N–H and O–H groups in total. The summed E-state index contributed by atoms with van der Waals surface area (Å²) in [6, 6.07) is 0. The minimum absolute atomic E-state index is 0.0932. The Labute approximate surface area is 115 Å². The monoisotopic (exact) mass is 271 g/mol. The van der Waals surface area contributed by atoms with Crippen LogP contribution in [-0.4, -0.2) is 50.2 Å². The van der Waals surface area contributed by atoms with Crippen LogP contribution in [0.15, 0.2) is 0 Å². The maximum Gasteiger partial charge on any atom is 0.310 e. The molecule has 1 rings (SSSR count). The highest BCUT2D eigenvalue weighted by Gasteiger charge is 2.32. The lowest BCUT2D eigenvalue weighted by Gasteiger charge is -2.35. The number of methoxy groups -OCH3 is 1. The minimum Gasteiger partial charge on any atom is -0.469 e. The fourth-order valence-corrected chi connectivity index (χ4v) is 2.40. The van der Waals surface area contributed by atoms with Gasteiger partial charge in [-0.25, -0.2) is 0 Å². The van der Waals surface area contributed by atoms with E-state index in [1.165, 1.54) is 7.11 Å². The number of ether oxygens (including phenoxy) is 2. The molecule has 110 valence electrons. The molecule has 0 aromatic heterocycles. The van der Waals surface area contributed by atoms with Crippen LogP contribution in [-0.2, 0) is 19.1 Å².